The third-order valence-corrected chi connectivity index (χ3v) is 9.02. The number of pyridine rings is 3. The van der Waals surface area contributed by atoms with Gasteiger partial charge in [0.15, 0.2) is 0 Å². The zero-order valence-electron chi connectivity index (χ0n) is 25.0. The Morgan fingerprint density at radius 1 is 0.681 bits per heavy atom. The summed E-state index contributed by atoms with van der Waals surface area (Å²) in [6.07, 6.45) is 14.9. The van der Waals surface area contributed by atoms with Crippen LogP contribution in [-0.4, -0.2) is 25.7 Å². The molecule has 0 radical (unpaired) electrons. The molecule has 0 amide bonds. The first kappa shape index (κ1) is 25.8. The molecule has 9 aromatic rings. The van der Waals surface area contributed by atoms with E-state index in [2.05, 4.69) is 61.3 Å². The summed E-state index contributed by atoms with van der Waals surface area (Å²) in [5, 5.41) is 5.03. The number of aromatic nitrogens is 4. The summed E-state index contributed by atoms with van der Waals surface area (Å²) >= 11 is 0. The summed E-state index contributed by atoms with van der Waals surface area (Å²) in [4.78, 5) is 20.1. The second-order valence-corrected chi connectivity index (χ2v) is 11.7. The van der Waals surface area contributed by atoms with Gasteiger partial charge in [0, 0.05) is 86.8 Å². The summed E-state index contributed by atoms with van der Waals surface area (Å²) in [5.74, 6) is 0. The van der Waals surface area contributed by atoms with Gasteiger partial charge in [-0.1, -0.05) is 6.58 Å². The lowest BCUT2D eigenvalue weighted by atomic mass is 10.0. The first-order valence-electron chi connectivity index (χ1n) is 15.3. The van der Waals surface area contributed by atoms with Crippen molar-refractivity contribution in [1.82, 2.24) is 19.5 Å². The van der Waals surface area contributed by atoms with Crippen molar-refractivity contribution in [2.75, 3.05) is 4.90 Å². The molecule has 0 spiro atoms. The Bertz CT molecular complexity index is 2760. The van der Waals surface area contributed by atoms with Crippen LogP contribution in [0.3, 0.4) is 0 Å². The van der Waals surface area contributed by atoms with Crippen LogP contribution in [0, 0.1) is 0 Å². The average molecular weight is 609 g/mol. The van der Waals surface area contributed by atoms with E-state index in [-0.39, 0.29) is 0 Å². The van der Waals surface area contributed by atoms with Crippen molar-refractivity contribution in [3.8, 4) is 5.69 Å². The number of fused-ring (bicyclic) bond motifs is 11. The highest BCUT2D eigenvalue weighted by atomic mass is 16.3. The molecule has 0 saturated carbocycles. The van der Waals surface area contributed by atoms with Crippen molar-refractivity contribution < 1.29 is 8.83 Å². The topological polar surface area (TPSA) is 85.5 Å². The van der Waals surface area contributed by atoms with Crippen molar-refractivity contribution in [2.45, 2.75) is 6.54 Å². The van der Waals surface area contributed by atoms with Gasteiger partial charge in [-0.25, -0.2) is 0 Å². The van der Waals surface area contributed by atoms with Crippen LogP contribution >= 0.6 is 0 Å². The van der Waals surface area contributed by atoms with Crippen LogP contribution < -0.4 is 4.90 Å². The number of nitrogens with zero attached hydrogens (tertiary/aromatic N) is 6. The van der Waals surface area contributed by atoms with E-state index in [1.165, 1.54) is 0 Å². The van der Waals surface area contributed by atoms with Gasteiger partial charge in [0.1, 0.15) is 22.3 Å². The molecular weight excluding hydrogens is 584 g/mol. The van der Waals surface area contributed by atoms with E-state index in [9.17, 15) is 0 Å². The van der Waals surface area contributed by atoms with E-state index in [1.807, 2.05) is 79.4 Å². The van der Waals surface area contributed by atoms with Crippen LogP contribution in [-0.2, 0) is 6.54 Å². The molecule has 0 saturated heterocycles. The highest BCUT2D eigenvalue weighted by Gasteiger charge is 2.21. The molecule has 10 rings (SSSR count). The van der Waals surface area contributed by atoms with Crippen molar-refractivity contribution in [3.63, 3.8) is 0 Å². The van der Waals surface area contributed by atoms with E-state index in [1.54, 1.807) is 12.4 Å². The summed E-state index contributed by atoms with van der Waals surface area (Å²) in [7, 11) is 0. The number of hydrogen-bond donors (Lipinski definition) is 0. The Kier molecular flexibility index (Phi) is 5.33. The fourth-order valence-electron chi connectivity index (χ4n) is 7.01. The Labute approximate surface area is 267 Å². The summed E-state index contributed by atoms with van der Waals surface area (Å²) in [5.41, 5.74) is 11.0. The minimum atomic E-state index is 0.524. The minimum absolute atomic E-state index is 0.524. The molecule has 0 atom stereocenters. The highest BCUT2D eigenvalue weighted by Crippen LogP contribution is 2.43. The fourth-order valence-corrected chi connectivity index (χ4v) is 7.01. The fraction of sp³-hybridized carbons (Fsp3) is 0.0256. The first-order valence-corrected chi connectivity index (χ1v) is 15.3. The zero-order chi connectivity index (χ0) is 31.1. The van der Waals surface area contributed by atoms with Crippen LogP contribution in [0.15, 0.2) is 142 Å². The van der Waals surface area contributed by atoms with E-state index in [0.717, 1.165) is 94.1 Å². The van der Waals surface area contributed by atoms with Gasteiger partial charge in [-0.05, 0) is 84.9 Å². The van der Waals surface area contributed by atoms with Crippen molar-refractivity contribution in [1.29, 1.82) is 0 Å². The quantitative estimate of drug-likeness (QED) is 0.194. The van der Waals surface area contributed by atoms with Crippen LogP contribution in [0.2, 0.25) is 0 Å². The predicted molar refractivity (Wildman–Crippen MR) is 188 cm³/mol. The van der Waals surface area contributed by atoms with Gasteiger partial charge in [0.2, 0.25) is 0 Å². The third-order valence-electron chi connectivity index (χ3n) is 9.02. The van der Waals surface area contributed by atoms with Crippen LogP contribution in [0.5, 0.6) is 0 Å². The second-order valence-electron chi connectivity index (χ2n) is 11.7. The molecule has 1 aliphatic heterocycles. The molecule has 0 unspecified atom stereocenters. The van der Waals surface area contributed by atoms with Gasteiger partial charge in [-0.2, -0.15) is 0 Å². The monoisotopic (exact) mass is 608 g/mol. The molecule has 8 heteroatoms. The zero-order valence-corrected chi connectivity index (χ0v) is 25.0. The Balaban J connectivity index is 1.23. The molecule has 0 bridgehead atoms. The number of aliphatic imine (C=N–C) groups is 1. The largest absolute Gasteiger partial charge is 0.456 e. The van der Waals surface area contributed by atoms with Crippen LogP contribution in [0.4, 0.5) is 11.4 Å². The Hall–Kier alpha value is -6.54. The second kappa shape index (κ2) is 9.73. The molecule has 222 valence electrons. The third kappa shape index (κ3) is 3.75. The average Bonchev–Trinajstić information content (AvgIpc) is 3.78. The molecule has 6 aromatic heterocycles. The van der Waals surface area contributed by atoms with E-state index < -0.39 is 0 Å². The number of anilines is 2. The molecule has 0 aliphatic carbocycles. The molecule has 7 heterocycles. The molecule has 8 nitrogen and oxygen atoms in total. The number of furan rings is 2. The van der Waals surface area contributed by atoms with Crippen molar-refractivity contribution in [3.05, 3.63) is 134 Å². The van der Waals surface area contributed by atoms with Gasteiger partial charge in [-0.15, -0.1) is 0 Å². The minimum Gasteiger partial charge on any atom is -0.456 e. The smallest absolute Gasteiger partial charge is 0.136 e. The first-order chi connectivity index (χ1) is 23.2. The predicted octanol–water partition coefficient (Wildman–Crippen LogP) is 9.56. The lowest BCUT2D eigenvalue weighted by Crippen LogP contribution is -2.16. The molecule has 0 fully saturated rings. The standard InChI is InChI=1S/C39H24N6O2/c1-23-4-2-14-40-20-24-21-41-16-12-30(24)44(23)25-6-8-33-27(18-25)37-35(46-33)10-11-36-38(37)28-19-26(7-9-34(28)47-36)45-31-13-17-42-22-29(31)39-32(45)5-3-15-43-39/h2-19,21-22H,1,20H2/b4-2-,40-14?. The molecular formula is C39H24N6O2. The van der Waals surface area contributed by atoms with Crippen molar-refractivity contribution >= 4 is 83.4 Å². The summed E-state index contributed by atoms with van der Waals surface area (Å²) in [6.45, 7) is 4.94. The maximum Gasteiger partial charge on any atom is 0.136 e. The highest BCUT2D eigenvalue weighted by molar-refractivity contribution is 6.26. The molecule has 3 aromatic carbocycles. The maximum atomic E-state index is 6.45. The molecule has 0 N–H and O–H groups in total. The number of benzene rings is 3. The summed E-state index contributed by atoms with van der Waals surface area (Å²) < 4.78 is 15.1. The van der Waals surface area contributed by atoms with Gasteiger partial charge in [0.25, 0.3) is 0 Å². The van der Waals surface area contributed by atoms with Crippen molar-refractivity contribution in [2.24, 2.45) is 4.99 Å². The van der Waals surface area contributed by atoms with Gasteiger partial charge in [0.05, 0.1) is 28.8 Å². The van der Waals surface area contributed by atoms with E-state index in [4.69, 9.17) is 13.8 Å². The van der Waals surface area contributed by atoms with Gasteiger partial charge < -0.3 is 18.3 Å². The molecule has 47 heavy (non-hydrogen) atoms. The normalized spacial score (nSPS) is 14.4. The van der Waals surface area contributed by atoms with Crippen LogP contribution in [0.1, 0.15) is 5.56 Å². The Morgan fingerprint density at radius 2 is 1.40 bits per heavy atom. The molecule has 1 aliphatic rings. The lowest BCUT2D eigenvalue weighted by Gasteiger charge is -2.27. The number of rotatable bonds is 2. The summed E-state index contributed by atoms with van der Waals surface area (Å²) in [6, 6.07) is 24.7. The number of hydrogen-bond acceptors (Lipinski definition) is 7. The van der Waals surface area contributed by atoms with Gasteiger partial charge >= 0.3 is 0 Å². The lowest BCUT2D eigenvalue weighted by molar-refractivity contribution is 0.663. The van der Waals surface area contributed by atoms with Crippen LogP contribution in [0.25, 0.3) is 71.5 Å². The van der Waals surface area contributed by atoms with E-state index >= 15 is 0 Å². The Morgan fingerprint density at radius 3 is 2.23 bits per heavy atom. The van der Waals surface area contributed by atoms with Gasteiger partial charge in [-0.3, -0.25) is 19.9 Å². The number of allylic oxidation sites excluding steroid dienone is 2. The SMILES string of the molecule is C=C1/C=C\C=NCc2cnccc2N1c1ccc2oc3ccc4oc5ccc(-n6c7ccncc7c7ncccc76)cc5c4c3c2c1. The maximum absolute atomic E-state index is 6.45. The van der Waals surface area contributed by atoms with E-state index in [0.29, 0.717) is 6.54 Å².